The minimum atomic E-state index is 0.553. The van der Waals surface area contributed by atoms with Crippen molar-refractivity contribution in [3.63, 3.8) is 0 Å². The Morgan fingerprint density at radius 1 is 1.53 bits per heavy atom. The predicted molar refractivity (Wildman–Crippen MR) is 55.1 cm³/mol. The van der Waals surface area contributed by atoms with Crippen LogP contribution < -0.4 is 5.73 Å². The van der Waals surface area contributed by atoms with Crippen molar-refractivity contribution >= 4 is 0 Å². The molecule has 15 heavy (non-hydrogen) atoms. The van der Waals surface area contributed by atoms with Gasteiger partial charge >= 0.3 is 0 Å². The standard InChI is InChI=1S/C10H14N4O/c1-2-9-12-10(15-13-9)7-14-4-3-8(5-11)6-14/h3-4,6H,2,5,7,11H2,1H3. The fourth-order valence-electron chi connectivity index (χ4n) is 1.36. The molecule has 0 aliphatic heterocycles. The fourth-order valence-corrected chi connectivity index (χ4v) is 1.36. The molecule has 5 heteroatoms. The lowest BCUT2D eigenvalue weighted by atomic mass is 10.3. The van der Waals surface area contributed by atoms with Gasteiger partial charge in [-0.25, -0.2) is 0 Å². The first-order valence-electron chi connectivity index (χ1n) is 4.98. The first-order valence-corrected chi connectivity index (χ1v) is 4.98. The van der Waals surface area contributed by atoms with Crippen molar-refractivity contribution in [2.75, 3.05) is 0 Å². The Kier molecular flexibility index (Phi) is 2.82. The molecule has 0 amide bonds. The van der Waals surface area contributed by atoms with Crippen molar-refractivity contribution in [2.24, 2.45) is 5.73 Å². The van der Waals surface area contributed by atoms with Crippen molar-refractivity contribution < 1.29 is 4.52 Å². The van der Waals surface area contributed by atoms with Gasteiger partial charge in [0.05, 0.1) is 0 Å². The average Bonchev–Trinajstić information content (AvgIpc) is 2.87. The van der Waals surface area contributed by atoms with E-state index in [1.807, 2.05) is 30.0 Å². The highest BCUT2D eigenvalue weighted by Crippen LogP contribution is 2.04. The zero-order valence-corrected chi connectivity index (χ0v) is 8.68. The summed E-state index contributed by atoms with van der Waals surface area (Å²) in [6, 6.07) is 1.98. The molecule has 0 bridgehead atoms. The van der Waals surface area contributed by atoms with E-state index in [0.29, 0.717) is 19.0 Å². The van der Waals surface area contributed by atoms with Crippen LogP contribution in [0.4, 0.5) is 0 Å². The highest BCUT2D eigenvalue weighted by atomic mass is 16.5. The molecule has 0 unspecified atom stereocenters. The second-order valence-electron chi connectivity index (χ2n) is 3.35. The molecule has 0 atom stereocenters. The van der Waals surface area contributed by atoms with E-state index in [9.17, 15) is 0 Å². The molecule has 0 aromatic carbocycles. The third-order valence-corrected chi connectivity index (χ3v) is 2.19. The smallest absolute Gasteiger partial charge is 0.246 e. The number of nitrogens with zero attached hydrogens (tertiary/aromatic N) is 3. The highest BCUT2D eigenvalue weighted by Gasteiger charge is 2.05. The molecule has 2 aromatic rings. The molecule has 2 rings (SSSR count). The molecular formula is C10H14N4O. The molecule has 2 aromatic heterocycles. The SMILES string of the molecule is CCc1noc(Cn2ccc(CN)c2)n1. The van der Waals surface area contributed by atoms with Gasteiger partial charge < -0.3 is 14.8 Å². The van der Waals surface area contributed by atoms with E-state index in [1.165, 1.54) is 0 Å². The number of aryl methyl sites for hydroxylation is 1. The Balaban J connectivity index is 2.07. The topological polar surface area (TPSA) is 69.9 Å². The normalized spacial score (nSPS) is 10.8. The molecule has 0 fully saturated rings. The van der Waals surface area contributed by atoms with Crippen LogP contribution >= 0.6 is 0 Å². The quantitative estimate of drug-likeness (QED) is 0.808. The lowest BCUT2D eigenvalue weighted by Gasteiger charge is -1.95. The number of nitrogens with two attached hydrogens (primary N) is 1. The van der Waals surface area contributed by atoms with Gasteiger partial charge in [-0.3, -0.25) is 0 Å². The van der Waals surface area contributed by atoms with Gasteiger partial charge in [-0.05, 0) is 11.6 Å². The molecule has 0 saturated heterocycles. The summed E-state index contributed by atoms with van der Waals surface area (Å²) in [7, 11) is 0. The second kappa shape index (κ2) is 4.27. The van der Waals surface area contributed by atoms with Gasteiger partial charge in [0.1, 0.15) is 6.54 Å². The summed E-state index contributed by atoms with van der Waals surface area (Å²) in [5.74, 6) is 1.38. The van der Waals surface area contributed by atoms with Gasteiger partial charge in [-0.1, -0.05) is 12.1 Å². The minimum Gasteiger partial charge on any atom is -0.345 e. The maximum Gasteiger partial charge on any atom is 0.246 e. The molecule has 5 nitrogen and oxygen atoms in total. The Hall–Kier alpha value is -1.62. The van der Waals surface area contributed by atoms with Crippen LogP contribution in [0.3, 0.4) is 0 Å². The van der Waals surface area contributed by atoms with E-state index >= 15 is 0 Å². The summed E-state index contributed by atoms with van der Waals surface area (Å²) in [5.41, 5.74) is 6.62. The summed E-state index contributed by atoms with van der Waals surface area (Å²) in [6.45, 7) is 3.15. The average molecular weight is 206 g/mol. The highest BCUT2D eigenvalue weighted by molar-refractivity contribution is 5.10. The second-order valence-corrected chi connectivity index (χ2v) is 3.35. The van der Waals surface area contributed by atoms with Crippen molar-refractivity contribution in [2.45, 2.75) is 26.4 Å². The maximum absolute atomic E-state index is 5.52. The summed E-state index contributed by atoms with van der Waals surface area (Å²) < 4.78 is 7.07. The zero-order chi connectivity index (χ0) is 10.7. The minimum absolute atomic E-state index is 0.553. The third-order valence-electron chi connectivity index (χ3n) is 2.19. The number of aromatic nitrogens is 3. The van der Waals surface area contributed by atoms with Crippen molar-refractivity contribution in [3.8, 4) is 0 Å². The van der Waals surface area contributed by atoms with E-state index in [4.69, 9.17) is 10.3 Å². The summed E-state index contributed by atoms with van der Waals surface area (Å²) in [5, 5.41) is 3.83. The van der Waals surface area contributed by atoms with Crippen LogP contribution in [0.1, 0.15) is 24.2 Å². The van der Waals surface area contributed by atoms with E-state index in [0.717, 1.165) is 17.8 Å². The van der Waals surface area contributed by atoms with Gasteiger partial charge in [-0.15, -0.1) is 0 Å². The monoisotopic (exact) mass is 206 g/mol. The molecule has 0 spiro atoms. The number of hydrogen-bond acceptors (Lipinski definition) is 4. The summed E-state index contributed by atoms with van der Waals surface area (Å²) in [4.78, 5) is 4.23. The Bertz CT molecular complexity index is 392. The van der Waals surface area contributed by atoms with E-state index in [1.54, 1.807) is 0 Å². The Morgan fingerprint density at radius 2 is 2.40 bits per heavy atom. The predicted octanol–water partition coefficient (Wildman–Crippen LogP) is 0.940. The van der Waals surface area contributed by atoms with Crippen LogP contribution in [0.25, 0.3) is 0 Å². The molecule has 0 aliphatic rings. The van der Waals surface area contributed by atoms with E-state index < -0.39 is 0 Å². The summed E-state index contributed by atoms with van der Waals surface area (Å²) in [6.07, 6.45) is 4.73. The molecule has 0 saturated carbocycles. The van der Waals surface area contributed by atoms with Gasteiger partial charge in [-0.2, -0.15) is 4.98 Å². The molecule has 0 aliphatic carbocycles. The fraction of sp³-hybridized carbons (Fsp3) is 0.400. The van der Waals surface area contributed by atoms with Gasteiger partial charge in [0.25, 0.3) is 0 Å². The van der Waals surface area contributed by atoms with Crippen LogP contribution in [0.15, 0.2) is 23.0 Å². The van der Waals surface area contributed by atoms with Crippen molar-refractivity contribution in [1.29, 1.82) is 0 Å². The molecule has 2 N–H and O–H groups in total. The van der Waals surface area contributed by atoms with Crippen LogP contribution in [0.2, 0.25) is 0 Å². The molecule has 80 valence electrons. The lowest BCUT2D eigenvalue weighted by molar-refractivity contribution is 0.366. The third kappa shape index (κ3) is 2.24. The first kappa shape index (κ1) is 9.92. The molecule has 0 radical (unpaired) electrons. The largest absolute Gasteiger partial charge is 0.345 e. The molecular weight excluding hydrogens is 192 g/mol. The van der Waals surface area contributed by atoms with Crippen LogP contribution in [-0.4, -0.2) is 14.7 Å². The van der Waals surface area contributed by atoms with Crippen LogP contribution in [0.5, 0.6) is 0 Å². The molecule has 2 heterocycles. The Labute approximate surface area is 87.9 Å². The maximum atomic E-state index is 5.52. The van der Waals surface area contributed by atoms with Crippen LogP contribution in [0, 0.1) is 0 Å². The van der Waals surface area contributed by atoms with Gasteiger partial charge in [0.15, 0.2) is 5.82 Å². The van der Waals surface area contributed by atoms with Crippen molar-refractivity contribution in [1.82, 2.24) is 14.7 Å². The van der Waals surface area contributed by atoms with E-state index in [2.05, 4.69) is 10.1 Å². The van der Waals surface area contributed by atoms with Crippen LogP contribution in [-0.2, 0) is 19.5 Å². The van der Waals surface area contributed by atoms with Gasteiger partial charge in [0, 0.05) is 25.4 Å². The van der Waals surface area contributed by atoms with Crippen molar-refractivity contribution in [3.05, 3.63) is 35.7 Å². The summed E-state index contributed by atoms with van der Waals surface area (Å²) >= 11 is 0. The zero-order valence-electron chi connectivity index (χ0n) is 8.68. The number of rotatable bonds is 4. The van der Waals surface area contributed by atoms with E-state index in [-0.39, 0.29) is 0 Å². The number of hydrogen-bond donors (Lipinski definition) is 1. The van der Waals surface area contributed by atoms with Gasteiger partial charge in [0.2, 0.25) is 5.89 Å². The first-order chi connectivity index (χ1) is 7.31. The Morgan fingerprint density at radius 3 is 3.00 bits per heavy atom. The lowest BCUT2D eigenvalue weighted by Crippen LogP contribution is -1.98.